The highest BCUT2D eigenvalue weighted by atomic mass is 19.1. The zero-order valence-electron chi connectivity index (χ0n) is 11.9. The fourth-order valence-electron chi connectivity index (χ4n) is 3.01. The van der Waals surface area contributed by atoms with E-state index >= 15 is 0 Å². The topological polar surface area (TPSA) is 55.6 Å². The van der Waals surface area contributed by atoms with Crippen molar-refractivity contribution in [2.24, 2.45) is 11.7 Å². The van der Waals surface area contributed by atoms with Gasteiger partial charge in [0.25, 0.3) is 5.91 Å². The van der Waals surface area contributed by atoms with Gasteiger partial charge in [0.2, 0.25) is 0 Å². The largest absolute Gasteiger partial charge is 0.496 e. The molecule has 0 heterocycles. The van der Waals surface area contributed by atoms with Gasteiger partial charge in [0.1, 0.15) is 17.1 Å². The molecule has 2 atom stereocenters. The Labute approximate surface area is 118 Å². The lowest BCUT2D eigenvalue weighted by Gasteiger charge is -2.29. The molecule has 2 N–H and O–H groups in total. The Balaban J connectivity index is 2.27. The quantitative estimate of drug-likeness (QED) is 0.918. The molecule has 1 aliphatic carbocycles. The maximum atomic E-state index is 14.0. The molecule has 1 aromatic carbocycles. The first kappa shape index (κ1) is 14.8. The zero-order valence-corrected chi connectivity index (χ0v) is 11.9. The SMILES string of the molecule is COc1cccc(F)c1C(=O)N(C)C1CCCC1CN. The molecule has 4 nitrogen and oxygen atoms in total. The normalized spacial score (nSPS) is 21.8. The number of nitrogens with two attached hydrogens (primary N) is 1. The molecule has 0 bridgehead atoms. The number of benzene rings is 1. The molecule has 20 heavy (non-hydrogen) atoms. The molecule has 0 spiro atoms. The van der Waals surface area contributed by atoms with Crippen LogP contribution in [0, 0.1) is 11.7 Å². The Bertz CT molecular complexity index is 493. The van der Waals surface area contributed by atoms with Crippen LogP contribution in [0.1, 0.15) is 29.6 Å². The van der Waals surface area contributed by atoms with Crippen LogP contribution in [0.3, 0.4) is 0 Å². The molecule has 1 aromatic rings. The highest BCUT2D eigenvalue weighted by Crippen LogP contribution is 2.31. The van der Waals surface area contributed by atoms with Crippen molar-refractivity contribution in [3.8, 4) is 5.75 Å². The average molecular weight is 280 g/mol. The number of amides is 1. The summed E-state index contributed by atoms with van der Waals surface area (Å²) in [5.41, 5.74) is 5.75. The molecule has 2 rings (SSSR count). The van der Waals surface area contributed by atoms with Gasteiger partial charge in [-0.2, -0.15) is 0 Å². The van der Waals surface area contributed by atoms with Gasteiger partial charge in [0.15, 0.2) is 0 Å². The smallest absolute Gasteiger partial charge is 0.260 e. The van der Waals surface area contributed by atoms with E-state index < -0.39 is 5.82 Å². The Morgan fingerprint density at radius 2 is 2.25 bits per heavy atom. The lowest BCUT2D eigenvalue weighted by molar-refractivity contribution is 0.0691. The number of halogens is 1. The summed E-state index contributed by atoms with van der Waals surface area (Å²) >= 11 is 0. The Morgan fingerprint density at radius 3 is 2.90 bits per heavy atom. The third-order valence-electron chi connectivity index (χ3n) is 4.15. The van der Waals surface area contributed by atoms with Crippen molar-refractivity contribution >= 4 is 5.91 Å². The first-order chi connectivity index (χ1) is 9.60. The lowest BCUT2D eigenvalue weighted by Crippen LogP contribution is -2.41. The maximum Gasteiger partial charge on any atom is 0.260 e. The van der Waals surface area contributed by atoms with Gasteiger partial charge in [-0.3, -0.25) is 4.79 Å². The number of ether oxygens (including phenoxy) is 1. The van der Waals surface area contributed by atoms with Gasteiger partial charge >= 0.3 is 0 Å². The second kappa shape index (κ2) is 6.22. The standard InChI is InChI=1S/C15H21FN2O2/c1-18(12-7-3-5-10(12)9-17)15(19)14-11(16)6-4-8-13(14)20-2/h4,6,8,10,12H,3,5,7,9,17H2,1-2H3. The predicted molar refractivity (Wildman–Crippen MR) is 75.2 cm³/mol. The third-order valence-corrected chi connectivity index (χ3v) is 4.15. The summed E-state index contributed by atoms with van der Waals surface area (Å²) in [6, 6.07) is 4.48. The lowest BCUT2D eigenvalue weighted by atomic mass is 10.0. The molecule has 1 fully saturated rings. The van der Waals surface area contributed by atoms with Crippen molar-refractivity contribution in [1.29, 1.82) is 0 Å². The van der Waals surface area contributed by atoms with E-state index in [0.29, 0.717) is 12.5 Å². The minimum atomic E-state index is -0.552. The summed E-state index contributed by atoms with van der Waals surface area (Å²) in [7, 11) is 3.15. The number of carbonyl (C=O) groups is 1. The summed E-state index contributed by atoms with van der Waals surface area (Å²) in [6.07, 6.45) is 2.99. The fourth-order valence-corrected chi connectivity index (χ4v) is 3.01. The molecule has 1 amide bonds. The minimum Gasteiger partial charge on any atom is -0.496 e. The van der Waals surface area contributed by atoms with Crippen LogP contribution in [0.15, 0.2) is 18.2 Å². The summed E-state index contributed by atoms with van der Waals surface area (Å²) < 4.78 is 19.1. The van der Waals surface area contributed by atoms with Gasteiger partial charge < -0.3 is 15.4 Å². The summed E-state index contributed by atoms with van der Waals surface area (Å²) in [4.78, 5) is 14.2. The van der Waals surface area contributed by atoms with Crippen molar-refractivity contribution < 1.29 is 13.9 Å². The Hall–Kier alpha value is -1.62. The van der Waals surface area contributed by atoms with Crippen LogP contribution in [0.4, 0.5) is 4.39 Å². The molecular formula is C15H21FN2O2. The van der Waals surface area contributed by atoms with Crippen LogP contribution in [0.5, 0.6) is 5.75 Å². The molecule has 110 valence electrons. The van der Waals surface area contributed by atoms with Crippen LogP contribution < -0.4 is 10.5 Å². The van der Waals surface area contributed by atoms with Crippen molar-refractivity contribution in [1.82, 2.24) is 4.90 Å². The predicted octanol–water partition coefficient (Wildman–Crippen LogP) is 2.03. The molecule has 0 saturated heterocycles. The Kier molecular flexibility index (Phi) is 4.60. The Morgan fingerprint density at radius 1 is 1.50 bits per heavy atom. The molecule has 1 aliphatic rings. The summed E-state index contributed by atoms with van der Waals surface area (Å²) in [6.45, 7) is 0.552. The van der Waals surface area contributed by atoms with E-state index in [1.165, 1.54) is 19.2 Å². The van der Waals surface area contributed by atoms with Crippen LogP contribution in [-0.2, 0) is 0 Å². The average Bonchev–Trinajstić information content (AvgIpc) is 2.93. The van der Waals surface area contributed by atoms with E-state index in [1.807, 2.05) is 0 Å². The van der Waals surface area contributed by atoms with Gasteiger partial charge in [-0.1, -0.05) is 12.5 Å². The van der Waals surface area contributed by atoms with Gasteiger partial charge in [0, 0.05) is 13.1 Å². The van der Waals surface area contributed by atoms with Crippen molar-refractivity contribution in [3.05, 3.63) is 29.6 Å². The molecule has 1 saturated carbocycles. The number of methoxy groups -OCH3 is 1. The highest BCUT2D eigenvalue weighted by Gasteiger charge is 2.33. The minimum absolute atomic E-state index is 0.000159. The van der Waals surface area contributed by atoms with Crippen LogP contribution in [0.25, 0.3) is 0 Å². The molecule has 0 aliphatic heterocycles. The fraction of sp³-hybridized carbons (Fsp3) is 0.533. The summed E-state index contributed by atoms with van der Waals surface area (Å²) in [5.74, 6) is -0.334. The number of nitrogens with zero attached hydrogens (tertiary/aromatic N) is 1. The monoisotopic (exact) mass is 280 g/mol. The van der Waals surface area contributed by atoms with Gasteiger partial charge in [-0.15, -0.1) is 0 Å². The number of hydrogen-bond acceptors (Lipinski definition) is 3. The summed E-state index contributed by atoms with van der Waals surface area (Å²) in [5, 5.41) is 0. The van der Waals surface area contributed by atoms with Crippen molar-refractivity contribution in [2.45, 2.75) is 25.3 Å². The van der Waals surface area contributed by atoms with Gasteiger partial charge in [-0.25, -0.2) is 4.39 Å². The van der Waals surface area contributed by atoms with E-state index in [4.69, 9.17) is 10.5 Å². The zero-order chi connectivity index (χ0) is 14.7. The van der Waals surface area contributed by atoms with E-state index in [9.17, 15) is 9.18 Å². The van der Waals surface area contributed by atoms with E-state index in [0.717, 1.165) is 19.3 Å². The number of carbonyl (C=O) groups excluding carboxylic acids is 1. The number of rotatable bonds is 4. The van der Waals surface area contributed by atoms with Crippen molar-refractivity contribution in [2.75, 3.05) is 20.7 Å². The van der Waals surface area contributed by atoms with Crippen LogP contribution in [0.2, 0.25) is 0 Å². The molecule has 5 heteroatoms. The van der Waals surface area contributed by atoms with Gasteiger partial charge in [0.05, 0.1) is 7.11 Å². The second-order valence-electron chi connectivity index (χ2n) is 5.23. The maximum absolute atomic E-state index is 14.0. The first-order valence-electron chi connectivity index (χ1n) is 6.89. The van der Waals surface area contributed by atoms with Crippen LogP contribution in [-0.4, -0.2) is 37.6 Å². The molecule has 0 aromatic heterocycles. The first-order valence-corrected chi connectivity index (χ1v) is 6.89. The number of hydrogen-bond donors (Lipinski definition) is 1. The van der Waals surface area contributed by atoms with E-state index in [2.05, 4.69) is 0 Å². The molecular weight excluding hydrogens is 259 g/mol. The molecule has 2 unspecified atom stereocenters. The molecule has 0 radical (unpaired) electrons. The highest BCUT2D eigenvalue weighted by molar-refractivity contribution is 5.97. The van der Waals surface area contributed by atoms with Gasteiger partial charge in [-0.05, 0) is 37.4 Å². The van der Waals surface area contributed by atoms with Crippen molar-refractivity contribution in [3.63, 3.8) is 0 Å². The second-order valence-corrected chi connectivity index (χ2v) is 5.23. The van der Waals surface area contributed by atoms with E-state index in [1.54, 1.807) is 18.0 Å². The van der Waals surface area contributed by atoms with Crippen LogP contribution >= 0.6 is 0 Å². The van der Waals surface area contributed by atoms with E-state index in [-0.39, 0.29) is 23.3 Å². The third kappa shape index (κ3) is 2.63.